The molecule has 0 atom stereocenters. The molecule has 0 unspecified atom stereocenters. The number of benzene rings is 1. The smallest absolute Gasteiger partial charge is 0.186 e. The highest BCUT2D eigenvalue weighted by molar-refractivity contribution is 6.31. The minimum absolute atomic E-state index is 0.0712. The van der Waals surface area contributed by atoms with Crippen LogP contribution < -0.4 is 10.5 Å². The Balaban J connectivity index is 2.38. The Morgan fingerprint density at radius 3 is 2.69 bits per heavy atom. The number of ketones is 1. The van der Waals surface area contributed by atoms with Crippen LogP contribution in [0.2, 0.25) is 5.02 Å². The summed E-state index contributed by atoms with van der Waals surface area (Å²) in [6.07, 6.45) is 2.48. The zero-order valence-electron chi connectivity index (χ0n) is 9.13. The Hall–Kier alpha value is -1.06. The lowest BCUT2D eigenvalue weighted by atomic mass is 9.72. The molecule has 86 valence electrons. The Bertz CT molecular complexity index is 427. The van der Waals surface area contributed by atoms with Gasteiger partial charge >= 0.3 is 0 Å². The summed E-state index contributed by atoms with van der Waals surface area (Å²) in [6, 6.07) is 5.01. The third-order valence-electron chi connectivity index (χ3n) is 3.10. The lowest BCUT2D eigenvalue weighted by Crippen LogP contribution is -2.53. The predicted molar refractivity (Wildman–Crippen MR) is 63.1 cm³/mol. The minimum Gasteiger partial charge on any atom is -0.496 e. The second-order valence-electron chi connectivity index (χ2n) is 4.18. The van der Waals surface area contributed by atoms with Gasteiger partial charge in [-0.25, -0.2) is 0 Å². The zero-order valence-corrected chi connectivity index (χ0v) is 9.88. The highest BCUT2D eigenvalue weighted by Gasteiger charge is 2.41. The molecule has 1 aromatic rings. The van der Waals surface area contributed by atoms with Gasteiger partial charge in [0.25, 0.3) is 0 Å². The van der Waals surface area contributed by atoms with Crippen LogP contribution in [0.15, 0.2) is 18.2 Å². The highest BCUT2D eigenvalue weighted by atomic mass is 35.5. The molecule has 0 aliphatic heterocycles. The van der Waals surface area contributed by atoms with Gasteiger partial charge in [0, 0.05) is 5.02 Å². The van der Waals surface area contributed by atoms with E-state index in [1.807, 2.05) is 0 Å². The van der Waals surface area contributed by atoms with Gasteiger partial charge in [0.15, 0.2) is 5.78 Å². The van der Waals surface area contributed by atoms with Gasteiger partial charge in [-0.3, -0.25) is 4.79 Å². The van der Waals surface area contributed by atoms with Gasteiger partial charge in [0.05, 0.1) is 18.2 Å². The number of carbonyl (C=O) groups is 1. The number of rotatable bonds is 3. The third-order valence-corrected chi connectivity index (χ3v) is 3.34. The van der Waals surface area contributed by atoms with Crippen molar-refractivity contribution in [3.63, 3.8) is 0 Å². The number of methoxy groups -OCH3 is 1. The van der Waals surface area contributed by atoms with E-state index in [9.17, 15) is 4.79 Å². The number of hydrogen-bond donors (Lipinski definition) is 1. The Kier molecular flexibility index (Phi) is 2.91. The van der Waals surface area contributed by atoms with Crippen LogP contribution >= 0.6 is 11.6 Å². The number of halogens is 1. The van der Waals surface area contributed by atoms with Crippen molar-refractivity contribution in [1.29, 1.82) is 0 Å². The molecule has 0 radical (unpaired) electrons. The Morgan fingerprint density at radius 2 is 2.19 bits per heavy atom. The molecule has 3 nitrogen and oxygen atoms in total. The fourth-order valence-corrected chi connectivity index (χ4v) is 2.08. The van der Waals surface area contributed by atoms with E-state index in [1.165, 1.54) is 7.11 Å². The van der Waals surface area contributed by atoms with Crippen molar-refractivity contribution < 1.29 is 9.53 Å². The van der Waals surface area contributed by atoms with E-state index in [2.05, 4.69) is 0 Å². The minimum atomic E-state index is -0.710. The van der Waals surface area contributed by atoms with Gasteiger partial charge in [-0.15, -0.1) is 0 Å². The van der Waals surface area contributed by atoms with Gasteiger partial charge in [0.1, 0.15) is 5.75 Å². The fraction of sp³-hybridized carbons (Fsp3) is 0.417. The predicted octanol–water partition coefficient (Wildman–Crippen LogP) is 2.41. The topological polar surface area (TPSA) is 52.3 Å². The van der Waals surface area contributed by atoms with E-state index >= 15 is 0 Å². The van der Waals surface area contributed by atoms with Crippen LogP contribution in [-0.4, -0.2) is 18.4 Å². The van der Waals surface area contributed by atoms with Crippen molar-refractivity contribution in [2.24, 2.45) is 5.73 Å². The summed E-state index contributed by atoms with van der Waals surface area (Å²) in [6.45, 7) is 0. The molecule has 1 aromatic carbocycles. The summed E-state index contributed by atoms with van der Waals surface area (Å²) in [7, 11) is 1.53. The lowest BCUT2D eigenvalue weighted by molar-refractivity contribution is 0.0797. The molecule has 0 amide bonds. The maximum atomic E-state index is 12.2. The first-order valence-electron chi connectivity index (χ1n) is 5.24. The molecule has 0 saturated heterocycles. The average molecular weight is 240 g/mol. The first-order valence-corrected chi connectivity index (χ1v) is 5.62. The first-order chi connectivity index (χ1) is 7.57. The fourth-order valence-electron chi connectivity index (χ4n) is 1.91. The van der Waals surface area contributed by atoms with Crippen LogP contribution in [0.4, 0.5) is 0 Å². The number of nitrogens with two attached hydrogens (primary N) is 1. The molecule has 0 spiro atoms. The molecule has 16 heavy (non-hydrogen) atoms. The van der Waals surface area contributed by atoms with E-state index in [0.717, 1.165) is 19.3 Å². The van der Waals surface area contributed by atoms with Gasteiger partial charge < -0.3 is 10.5 Å². The molecule has 1 fully saturated rings. The van der Waals surface area contributed by atoms with Crippen molar-refractivity contribution in [2.45, 2.75) is 24.8 Å². The van der Waals surface area contributed by atoms with Crippen LogP contribution in [0.25, 0.3) is 0 Å². The largest absolute Gasteiger partial charge is 0.496 e. The van der Waals surface area contributed by atoms with Gasteiger partial charge in [-0.05, 0) is 37.5 Å². The highest BCUT2D eigenvalue weighted by Crippen LogP contribution is 2.35. The van der Waals surface area contributed by atoms with Crippen LogP contribution in [0.3, 0.4) is 0 Å². The number of ether oxygens (including phenoxy) is 1. The summed E-state index contributed by atoms with van der Waals surface area (Å²) in [5, 5.41) is 0.520. The number of Topliss-reactive ketones (excluding diaryl/α,β-unsaturated/α-hetero) is 1. The molecular weight excluding hydrogens is 226 g/mol. The summed E-state index contributed by atoms with van der Waals surface area (Å²) in [5.74, 6) is 0.462. The molecule has 0 bridgehead atoms. The summed E-state index contributed by atoms with van der Waals surface area (Å²) in [4.78, 5) is 12.2. The molecule has 4 heteroatoms. The second kappa shape index (κ2) is 4.07. The normalized spacial score (nSPS) is 17.7. The zero-order chi connectivity index (χ0) is 11.8. The van der Waals surface area contributed by atoms with Gasteiger partial charge in [0.2, 0.25) is 0 Å². The van der Waals surface area contributed by atoms with Gasteiger partial charge in [-0.1, -0.05) is 11.6 Å². The van der Waals surface area contributed by atoms with Crippen molar-refractivity contribution in [3.8, 4) is 5.75 Å². The van der Waals surface area contributed by atoms with Crippen LogP contribution in [0.1, 0.15) is 29.6 Å². The Morgan fingerprint density at radius 1 is 1.50 bits per heavy atom. The summed E-state index contributed by atoms with van der Waals surface area (Å²) < 4.78 is 5.15. The molecule has 2 N–H and O–H groups in total. The van der Waals surface area contributed by atoms with E-state index in [4.69, 9.17) is 22.1 Å². The van der Waals surface area contributed by atoms with Crippen molar-refractivity contribution in [1.82, 2.24) is 0 Å². The monoisotopic (exact) mass is 239 g/mol. The van der Waals surface area contributed by atoms with Crippen molar-refractivity contribution in [3.05, 3.63) is 28.8 Å². The average Bonchev–Trinajstić information content (AvgIpc) is 2.25. The van der Waals surface area contributed by atoms with Gasteiger partial charge in [-0.2, -0.15) is 0 Å². The summed E-state index contributed by atoms with van der Waals surface area (Å²) >= 11 is 5.88. The number of carbonyl (C=O) groups excluding carboxylic acids is 1. The molecular formula is C12H14ClNO2. The molecule has 1 aliphatic carbocycles. The van der Waals surface area contributed by atoms with Crippen molar-refractivity contribution >= 4 is 17.4 Å². The molecule has 0 aromatic heterocycles. The molecule has 1 saturated carbocycles. The van der Waals surface area contributed by atoms with Crippen molar-refractivity contribution in [2.75, 3.05) is 7.11 Å². The van der Waals surface area contributed by atoms with Crippen LogP contribution in [0.5, 0.6) is 5.75 Å². The number of hydrogen-bond acceptors (Lipinski definition) is 3. The first kappa shape index (κ1) is 11.4. The van der Waals surface area contributed by atoms with Crippen LogP contribution in [-0.2, 0) is 0 Å². The van der Waals surface area contributed by atoms with E-state index in [-0.39, 0.29) is 5.78 Å². The molecule has 2 rings (SSSR count). The second-order valence-corrected chi connectivity index (χ2v) is 4.62. The maximum absolute atomic E-state index is 12.2. The van der Waals surface area contributed by atoms with E-state index in [0.29, 0.717) is 16.3 Å². The van der Waals surface area contributed by atoms with E-state index in [1.54, 1.807) is 18.2 Å². The summed E-state index contributed by atoms with van der Waals surface area (Å²) in [5.41, 5.74) is 5.78. The molecule has 1 aliphatic rings. The van der Waals surface area contributed by atoms with Crippen LogP contribution in [0, 0.1) is 0 Å². The molecule has 0 heterocycles. The Labute approximate surface area is 99.5 Å². The lowest BCUT2D eigenvalue weighted by Gasteiger charge is -2.36. The SMILES string of the molecule is COc1ccc(Cl)cc1C(=O)C1(N)CCC1. The van der Waals surface area contributed by atoms with E-state index < -0.39 is 5.54 Å². The quantitative estimate of drug-likeness (QED) is 0.825. The standard InChI is InChI=1S/C12H14ClNO2/c1-16-10-4-3-8(13)7-9(10)11(15)12(14)5-2-6-12/h3-4,7H,2,5-6,14H2,1H3. The third kappa shape index (κ3) is 1.81. The maximum Gasteiger partial charge on any atom is 0.186 e.